The second-order valence-electron chi connectivity index (χ2n) is 8.92. The SMILES string of the molecule is COc1c(/C(C)=C/C(=O)NCc2c(F)cccc2F)cc2c(-c3ccc4ccccc4c3)coc2c1C. The molecule has 0 aliphatic heterocycles. The molecule has 5 rings (SSSR count). The molecule has 0 radical (unpaired) electrons. The molecule has 5 aromatic rings. The number of hydrogen-bond acceptors (Lipinski definition) is 3. The monoisotopic (exact) mass is 497 g/mol. The molecule has 186 valence electrons. The van der Waals surface area contributed by atoms with Crippen molar-refractivity contribution in [3.05, 3.63) is 107 Å². The Kier molecular flexibility index (Phi) is 6.49. The number of fused-ring (bicyclic) bond motifs is 2. The number of halogens is 2. The average molecular weight is 498 g/mol. The third kappa shape index (κ3) is 4.58. The highest BCUT2D eigenvalue weighted by Gasteiger charge is 2.19. The minimum atomic E-state index is -0.704. The molecule has 4 nitrogen and oxygen atoms in total. The first-order valence-corrected chi connectivity index (χ1v) is 11.8. The summed E-state index contributed by atoms with van der Waals surface area (Å²) in [5.41, 5.74) is 4.64. The van der Waals surface area contributed by atoms with E-state index in [9.17, 15) is 13.6 Å². The number of ether oxygens (including phenoxy) is 1. The van der Waals surface area contributed by atoms with Crippen molar-refractivity contribution >= 4 is 33.2 Å². The molecule has 1 aromatic heterocycles. The third-order valence-corrected chi connectivity index (χ3v) is 6.58. The Hall–Kier alpha value is -4.45. The van der Waals surface area contributed by atoms with Crippen LogP contribution in [0.5, 0.6) is 5.75 Å². The molecule has 0 fully saturated rings. The lowest BCUT2D eigenvalue weighted by atomic mass is 9.95. The summed E-state index contributed by atoms with van der Waals surface area (Å²) in [4.78, 5) is 12.6. The van der Waals surface area contributed by atoms with Gasteiger partial charge in [-0.2, -0.15) is 0 Å². The number of carbonyl (C=O) groups excluding carboxylic acids is 1. The van der Waals surface area contributed by atoms with Crippen LogP contribution < -0.4 is 10.1 Å². The Morgan fingerprint density at radius 3 is 2.46 bits per heavy atom. The van der Waals surface area contributed by atoms with E-state index in [0.717, 1.165) is 50.5 Å². The summed E-state index contributed by atoms with van der Waals surface area (Å²) in [6.07, 6.45) is 3.14. The van der Waals surface area contributed by atoms with E-state index in [-0.39, 0.29) is 12.1 Å². The zero-order valence-electron chi connectivity index (χ0n) is 20.7. The second-order valence-corrected chi connectivity index (χ2v) is 8.92. The molecule has 0 saturated heterocycles. The summed E-state index contributed by atoms with van der Waals surface area (Å²) in [5.74, 6) is -1.29. The van der Waals surface area contributed by atoms with Crippen LogP contribution in [0.4, 0.5) is 8.78 Å². The molecular formula is C31H25F2NO3. The molecule has 0 aliphatic carbocycles. The molecule has 0 bridgehead atoms. The second kappa shape index (κ2) is 9.90. The van der Waals surface area contributed by atoms with E-state index in [1.165, 1.54) is 12.1 Å². The van der Waals surface area contributed by atoms with Gasteiger partial charge in [-0.15, -0.1) is 0 Å². The summed E-state index contributed by atoms with van der Waals surface area (Å²) in [6.45, 7) is 3.44. The van der Waals surface area contributed by atoms with Crippen LogP contribution >= 0.6 is 0 Å². The predicted molar refractivity (Wildman–Crippen MR) is 142 cm³/mol. The largest absolute Gasteiger partial charge is 0.496 e. The predicted octanol–water partition coefficient (Wildman–Crippen LogP) is 7.57. The van der Waals surface area contributed by atoms with Gasteiger partial charge in [-0.25, -0.2) is 8.78 Å². The molecule has 1 heterocycles. The van der Waals surface area contributed by atoms with Gasteiger partial charge in [0.15, 0.2) is 0 Å². The first-order valence-electron chi connectivity index (χ1n) is 11.8. The topological polar surface area (TPSA) is 51.5 Å². The lowest BCUT2D eigenvalue weighted by Gasteiger charge is -2.13. The molecule has 1 amide bonds. The van der Waals surface area contributed by atoms with E-state index in [0.29, 0.717) is 16.9 Å². The van der Waals surface area contributed by atoms with Gasteiger partial charge in [-0.05, 0) is 60.0 Å². The van der Waals surface area contributed by atoms with E-state index < -0.39 is 17.5 Å². The minimum absolute atomic E-state index is 0.185. The highest BCUT2D eigenvalue weighted by molar-refractivity contribution is 6.02. The van der Waals surface area contributed by atoms with Crippen molar-refractivity contribution in [2.75, 3.05) is 7.11 Å². The summed E-state index contributed by atoms with van der Waals surface area (Å²) in [5, 5.41) is 5.73. The fraction of sp³-hybridized carbons (Fsp3) is 0.129. The lowest BCUT2D eigenvalue weighted by molar-refractivity contribution is -0.116. The van der Waals surface area contributed by atoms with Gasteiger partial charge in [-0.1, -0.05) is 42.5 Å². The number of furan rings is 1. The number of nitrogens with one attached hydrogen (secondary N) is 1. The van der Waals surface area contributed by atoms with Crippen molar-refractivity contribution in [2.45, 2.75) is 20.4 Å². The normalized spacial score (nSPS) is 11.8. The van der Waals surface area contributed by atoms with E-state index in [1.54, 1.807) is 20.3 Å². The fourth-order valence-electron chi connectivity index (χ4n) is 4.65. The summed E-state index contributed by atoms with van der Waals surface area (Å²) >= 11 is 0. The molecule has 0 unspecified atom stereocenters. The first kappa shape index (κ1) is 24.3. The first-order chi connectivity index (χ1) is 17.9. The quantitative estimate of drug-likeness (QED) is 0.246. The summed E-state index contributed by atoms with van der Waals surface area (Å²) in [7, 11) is 1.57. The standard InChI is InChI=1S/C31H25F2NO3/c1-18(13-29(35)34-16-25-27(32)9-6-10-28(25)33)23-15-24-26(17-37-31(24)19(2)30(23)36-3)22-12-11-20-7-4-5-8-21(20)14-22/h4-15,17H,16H2,1-3H3,(H,34,35)/b18-13+. The van der Waals surface area contributed by atoms with E-state index in [2.05, 4.69) is 35.6 Å². The van der Waals surface area contributed by atoms with Gasteiger partial charge in [0.1, 0.15) is 23.0 Å². The maximum Gasteiger partial charge on any atom is 0.244 e. The van der Waals surface area contributed by atoms with E-state index in [1.807, 2.05) is 25.1 Å². The van der Waals surface area contributed by atoms with E-state index in [4.69, 9.17) is 9.15 Å². The number of benzene rings is 4. The van der Waals surface area contributed by atoms with Gasteiger partial charge in [-0.3, -0.25) is 4.79 Å². The Labute approximate surface area is 213 Å². The van der Waals surface area contributed by atoms with Crippen molar-refractivity contribution in [1.29, 1.82) is 0 Å². The highest BCUT2D eigenvalue weighted by atomic mass is 19.1. The van der Waals surface area contributed by atoms with Crippen LogP contribution in [0.3, 0.4) is 0 Å². The number of methoxy groups -OCH3 is 1. The van der Waals surface area contributed by atoms with Crippen LogP contribution in [-0.4, -0.2) is 13.0 Å². The lowest BCUT2D eigenvalue weighted by Crippen LogP contribution is -2.22. The summed E-state index contributed by atoms with van der Waals surface area (Å²) < 4.78 is 39.5. The van der Waals surface area contributed by atoms with Crippen LogP contribution in [0.2, 0.25) is 0 Å². The molecule has 0 aliphatic rings. The van der Waals surface area contributed by atoms with Crippen molar-refractivity contribution in [2.24, 2.45) is 0 Å². The zero-order valence-corrected chi connectivity index (χ0v) is 20.7. The van der Waals surface area contributed by atoms with Crippen LogP contribution in [-0.2, 0) is 11.3 Å². The number of aryl methyl sites for hydroxylation is 1. The van der Waals surface area contributed by atoms with Gasteiger partial charge < -0.3 is 14.5 Å². The van der Waals surface area contributed by atoms with Crippen molar-refractivity contribution in [1.82, 2.24) is 5.32 Å². The van der Waals surface area contributed by atoms with Gasteiger partial charge in [0.2, 0.25) is 5.91 Å². The fourth-order valence-corrected chi connectivity index (χ4v) is 4.65. The molecular weight excluding hydrogens is 472 g/mol. The minimum Gasteiger partial charge on any atom is -0.496 e. The Bertz CT molecular complexity index is 1660. The third-order valence-electron chi connectivity index (χ3n) is 6.58. The number of carbonyl (C=O) groups is 1. The molecule has 1 N–H and O–H groups in total. The number of amides is 1. The molecule has 0 spiro atoms. The smallest absolute Gasteiger partial charge is 0.244 e. The van der Waals surface area contributed by atoms with Crippen molar-refractivity contribution in [3.8, 4) is 16.9 Å². The maximum atomic E-state index is 13.9. The van der Waals surface area contributed by atoms with Gasteiger partial charge in [0.25, 0.3) is 0 Å². The van der Waals surface area contributed by atoms with Gasteiger partial charge in [0.05, 0.1) is 13.4 Å². The van der Waals surface area contributed by atoms with Crippen LogP contribution in [0.15, 0.2) is 83.5 Å². The highest BCUT2D eigenvalue weighted by Crippen LogP contribution is 2.41. The number of hydrogen-bond donors (Lipinski definition) is 1. The number of allylic oxidation sites excluding steroid dienone is 1. The van der Waals surface area contributed by atoms with E-state index >= 15 is 0 Å². The molecule has 0 atom stereocenters. The van der Waals surface area contributed by atoms with Crippen molar-refractivity contribution in [3.63, 3.8) is 0 Å². The maximum absolute atomic E-state index is 13.9. The average Bonchev–Trinajstić information content (AvgIpc) is 3.32. The van der Waals surface area contributed by atoms with Crippen molar-refractivity contribution < 1.29 is 22.7 Å². The van der Waals surface area contributed by atoms with Crippen LogP contribution in [0.1, 0.15) is 23.6 Å². The van der Waals surface area contributed by atoms with Gasteiger partial charge >= 0.3 is 0 Å². The molecule has 6 heteroatoms. The molecule has 4 aromatic carbocycles. The zero-order chi connectivity index (χ0) is 26.1. The Balaban J connectivity index is 1.51. The molecule has 0 saturated carbocycles. The summed E-state index contributed by atoms with van der Waals surface area (Å²) in [6, 6.07) is 20.0. The number of rotatable bonds is 6. The van der Waals surface area contributed by atoms with Gasteiger partial charge in [0, 0.05) is 40.3 Å². The van der Waals surface area contributed by atoms with Crippen LogP contribution in [0.25, 0.3) is 38.4 Å². The Morgan fingerprint density at radius 2 is 1.73 bits per heavy atom. The molecule has 37 heavy (non-hydrogen) atoms. The van der Waals surface area contributed by atoms with Crippen LogP contribution in [0, 0.1) is 18.6 Å². The Morgan fingerprint density at radius 1 is 1.00 bits per heavy atom.